The molecule has 1 aromatic heterocycles. The Kier molecular flexibility index (Phi) is 5.46. The summed E-state index contributed by atoms with van der Waals surface area (Å²) in [5, 5.41) is 2.25. The van der Waals surface area contributed by atoms with Crippen LogP contribution in [0.5, 0.6) is 5.88 Å². The zero-order valence-corrected chi connectivity index (χ0v) is 14.5. The molecule has 1 aliphatic rings. The lowest BCUT2D eigenvalue weighted by Crippen LogP contribution is -2.34. The predicted octanol–water partition coefficient (Wildman–Crippen LogP) is 1.77. The van der Waals surface area contributed by atoms with Gasteiger partial charge in [0.2, 0.25) is 5.88 Å². The average Bonchev–Trinajstić information content (AvgIpc) is 2.96. The quantitative estimate of drug-likeness (QED) is 0.882. The minimum Gasteiger partial charge on any atom is -0.477 e. The largest absolute Gasteiger partial charge is 0.477 e. The first-order chi connectivity index (χ1) is 10.8. The molecule has 0 saturated carbocycles. The molecule has 8 heteroatoms. The van der Waals surface area contributed by atoms with E-state index < -0.39 is 15.1 Å². The van der Waals surface area contributed by atoms with Gasteiger partial charge in [-0.3, -0.25) is 0 Å². The van der Waals surface area contributed by atoms with Gasteiger partial charge in [0.1, 0.15) is 0 Å². The number of rotatable bonds is 5. The molecule has 1 N–H and O–H groups in total. The molecule has 2 rings (SSSR count). The molecule has 2 heterocycles. The van der Waals surface area contributed by atoms with Crippen LogP contribution in [0, 0.1) is 5.92 Å². The number of ether oxygens (including phenoxy) is 1. The SMILES string of the molecule is CC(C)COc1ccc(NC(=O)N2CC[C@H](S(C)(=O)=O)C2)cn1. The van der Waals surface area contributed by atoms with E-state index in [-0.39, 0.29) is 12.6 Å². The molecule has 23 heavy (non-hydrogen) atoms. The van der Waals surface area contributed by atoms with Gasteiger partial charge in [-0.25, -0.2) is 18.2 Å². The van der Waals surface area contributed by atoms with Crippen molar-refractivity contribution in [3.05, 3.63) is 18.3 Å². The number of amides is 2. The summed E-state index contributed by atoms with van der Waals surface area (Å²) in [6.45, 7) is 5.35. The molecule has 7 nitrogen and oxygen atoms in total. The number of nitrogens with one attached hydrogen (secondary N) is 1. The van der Waals surface area contributed by atoms with Gasteiger partial charge in [0.25, 0.3) is 0 Å². The van der Waals surface area contributed by atoms with Gasteiger partial charge >= 0.3 is 6.03 Å². The smallest absolute Gasteiger partial charge is 0.321 e. The molecule has 1 saturated heterocycles. The molecular formula is C15H23N3O4S. The first-order valence-electron chi connectivity index (χ1n) is 7.59. The standard InChI is InChI=1S/C15H23N3O4S/c1-11(2)10-22-14-5-4-12(8-16-14)17-15(19)18-7-6-13(9-18)23(3,20)21/h4-5,8,11,13H,6-7,9-10H2,1-3H3,(H,17,19)/t13-/m0/s1. The number of aromatic nitrogens is 1. The molecule has 1 aliphatic heterocycles. The topological polar surface area (TPSA) is 88.6 Å². The second-order valence-electron chi connectivity index (χ2n) is 6.21. The summed E-state index contributed by atoms with van der Waals surface area (Å²) in [4.78, 5) is 17.8. The number of urea groups is 1. The first kappa shape index (κ1) is 17.5. The van der Waals surface area contributed by atoms with E-state index in [9.17, 15) is 13.2 Å². The van der Waals surface area contributed by atoms with Crippen LogP contribution in [0.25, 0.3) is 0 Å². The number of likely N-dealkylation sites (tertiary alicyclic amines) is 1. The summed E-state index contributed by atoms with van der Waals surface area (Å²) in [5.41, 5.74) is 0.551. The molecule has 0 aliphatic carbocycles. The number of carbonyl (C=O) groups excluding carboxylic acids is 1. The Hall–Kier alpha value is -1.83. The number of nitrogens with zero attached hydrogens (tertiary/aromatic N) is 2. The summed E-state index contributed by atoms with van der Waals surface area (Å²) >= 11 is 0. The van der Waals surface area contributed by atoms with Crippen molar-refractivity contribution in [3.63, 3.8) is 0 Å². The summed E-state index contributed by atoms with van der Waals surface area (Å²) in [7, 11) is -3.11. The lowest BCUT2D eigenvalue weighted by Gasteiger charge is -2.17. The summed E-state index contributed by atoms with van der Waals surface area (Å²) in [6.07, 6.45) is 3.21. The van der Waals surface area contributed by atoms with Gasteiger partial charge in [0.15, 0.2) is 9.84 Å². The van der Waals surface area contributed by atoms with Crippen LogP contribution in [0.3, 0.4) is 0 Å². The van der Waals surface area contributed by atoms with Gasteiger partial charge < -0.3 is 15.0 Å². The third-order valence-electron chi connectivity index (χ3n) is 3.59. The second kappa shape index (κ2) is 7.16. The van der Waals surface area contributed by atoms with Crippen LogP contribution in [-0.4, -0.2) is 55.5 Å². The zero-order chi connectivity index (χ0) is 17.0. The minimum atomic E-state index is -3.11. The highest BCUT2D eigenvalue weighted by Gasteiger charge is 2.32. The highest BCUT2D eigenvalue weighted by atomic mass is 32.2. The lowest BCUT2D eigenvalue weighted by molar-refractivity contribution is 0.222. The number of carbonyl (C=O) groups is 1. The van der Waals surface area contributed by atoms with Crippen molar-refractivity contribution in [3.8, 4) is 5.88 Å². The van der Waals surface area contributed by atoms with Crippen LogP contribution in [0.2, 0.25) is 0 Å². The van der Waals surface area contributed by atoms with E-state index in [0.717, 1.165) is 0 Å². The van der Waals surface area contributed by atoms with Gasteiger partial charge in [-0.05, 0) is 18.4 Å². The van der Waals surface area contributed by atoms with Crippen molar-refractivity contribution in [2.45, 2.75) is 25.5 Å². The summed E-state index contributed by atoms with van der Waals surface area (Å²) in [6, 6.07) is 3.10. The second-order valence-corrected chi connectivity index (χ2v) is 8.53. The number of anilines is 1. The van der Waals surface area contributed by atoms with Crippen LogP contribution in [0.15, 0.2) is 18.3 Å². The fourth-order valence-corrected chi connectivity index (χ4v) is 3.24. The van der Waals surface area contributed by atoms with Crippen LogP contribution in [0.4, 0.5) is 10.5 Å². The molecule has 0 aromatic carbocycles. The number of sulfone groups is 1. The molecule has 0 unspecified atom stereocenters. The summed E-state index contributed by atoms with van der Waals surface area (Å²) < 4.78 is 28.5. The van der Waals surface area contributed by atoms with Gasteiger partial charge in [0.05, 0.1) is 23.7 Å². The Labute approximate surface area is 137 Å². The van der Waals surface area contributed by atoms with Crippen LogP contribution in [0.1, 0.15) is 20.3 Å². The van der Waals surface area contributed by atoms with Crippen molar-refractivity contribution in [1.29, 1.82) is 0 Å². The lowest BCUT2D eigenvalue weighted by atomic mass is 10.2. The van der Waals surface area contributed by atoms with Gasteiger partial charge in [0, 0.05) is 25.4 Å². The monoisotopic (exact) mass is 341 g/mol. The Balaban J connectivity index is 1.88. The van der Waals surface area contributed by atoms with E-state index in [1.807, 2.05) is 0 Å². The minimum absolute atomic E-state index is 0.230. The third-order valence-corrected chi connectivity index (χ3v) is 5.19. The van der Waals surface area contributed by atoms with Crippen molar-refractivity contribution in [1.82, 2.24) is 9.88 Å². The van der Waals surface area contributed by atoms with Gasteiger partial charge in [-0.1, -0.05) is 13.8 Å². The van der Waals surface area contributed by atoms with E-state index >= 15 is 0 Å². The molecule has 0 radical (unpaired) electrons. The molecular weight excluding hydrogens is 318 g/mol. The maximum atomic E-state index is 12.1. The molecule has 128 valence electrons. The van der Waals surface area contributed by atoms with E-state index in [1.54, 1.807) is 12.1 Å². The molecule has 1 atom stereocenters. The Bertz CT molecular complexity index is 643. The van der Waals surface area contributed by atoms with Crippen molar-refractivity contribution >= 4 is 21.6 Å². The number of hydrogen-bond acceptors (Lipinski definition) is 5. The van der Waals surface area contributed by atoms with Crippen molar-refractivity contribution in [2.75, 3.05) is 31.3 Å². The average molecular weight is 341 g/mol. The van der Waals surface area contributed by atoms with Crippen LogP contribution >= 0.6 is 0 Å². The van der Waals surface area contributed by atoms with Gasteiger partial charge in [-0.15, -0.1) is 0 Å². The Morgan fingerprint density at radius 1 is 1.48 bits per heavy atom. The number of hydrogen-bond donors (Lipinski definition) is 1. The van der Waals surface area contributed by atoms with Crippen molar-refractivity contribution < 1.29 is 17.9 Å². The van der Waals surface area contributed by atoms with Crippen LogP contribution in [-0.2, 0) is 9.84 Å². The fourth-order valence-electron chi connectivity index (χ4n) is 2.26. The van der Waals surface area contributed by atoms with Gasteiger partial charge in [-0.2, -0.15) is 0 Å². The summed E-state index contributed by atoms with van der Waals surface area (Å²) in [5.74, 6) is 0.921. The molecule has 0 bridgehead atoms. The van der Waals surface area contributed by atoms with Crippen molar-refractivity contribution in [2.24, 2.45) is 5.92 Å². The molecule has 2 amide bonds. The Morgan fingerprint density at radius 2 is 2.22 bits per heavy atom. The first-order valence-corrected chi connectivity index (χ1v) is 9.55. The molecule has 1 aromatic rings. The zero-order valence-electron chi connectivity index (χ0n) is 13.7. The van der Waals surface area contributed by atoms with E-state index in [0.29, 0.717) is 37.1 Å². The number of pyridine rings is 1. The highest BCUT2D eigenvalue weighted by molar-refractivity contribution is 7.91. The van der Waals surface area contributed by atoms with E-state index in [4.69, 9.17) is 4.74 Å². The third kappa shape index (κ3) is 5.09. The maximum absolute atomic E-state index is 12.1. The maximum Gasteiger partial charge on any atom is 0.321 e. The van der Waals surface area contributed by atoms with Crippen LogP contribution < -0.4 is 10.1 Å². The Morgan fingerprint density at radius 3 is 2.74 bits per heavy atom. The fraction of sp³-hybridized carbons (Fsp3) is 0.600. The predicted molar refractivity (Wildman–Crippen MR) is 88.4 cm³/mol. The molecule has 1 fully saturated rings. The molecule has 0 spiro atoms. The normalized spacial score (nSPS) is 18.3. The highest BCUT2D eigenvalue weighted by Crippen LogP contribution is 2.18. The van der Waals surface area contributed by atoms with E-state index in [2.05, 4.69) is 24.1 Å². The van der Waals surface area contributed by atoms with E-state index in [1.165, 1.54) is 17.4 Å².